The number of aliphatic hydroxyl groups is 1. The van der Waals surface area contributed by atoms with Crippen molar-refractivity contribution in [3.63, 3.8) is 0 Å². The van der Waals surface area contributed by atoms with Gasteiger partial charge in [-0.1, -0.05) is 0 Å². The minimum absolute atomic E-state index is 0.111. The molecule has 4 nitrogen and oxygen atoms in total. The van der Waals surface area contributed by atoms with Crippen molar-refractivity contribution >= 4 is 11.3 Å². The third kappa shape index (κ3) is 3.77. The lowest BCUT2D eigenvalue weighted by Crippen LogP contribution is -2.42. The zero-order chi connectivity index (χ0) is 13.7. The van der Waals surface area contributed by atoms with E-state index in [1.807, 2.05) is 0 Å². The van der Waals surface area contributed by atoms with Gasteiger partial charge in [-0.15, -0.1) is 11.3 Å². The molecule has 0 saturated carbocycles. The predicted octanol–water partition coefficient (Wildman–Crippen LogP) is 1.53. The summed E-state index contributed by atoms with van der Waals surface area (Å²) in [7, 11) is 0. The van der Waals surface area contributed by atoms with Gasteiger partial charge in [0.15, 0.2) is 0 Å². The van der Waals surface area contributed by atoms with E-state index in [0.29, 0.717) is 25.3 Å². The maximum absolute atomic E-state index is 8.78. The highest BCUT2D eigenvalue weighted by Gasteiger charge is 2.27. The number of ether oxygens (including phenoxy) is 1. The van der Waals surface area contributed by atoms with Crippen molar-refractivity contribution < 1.29 is 9.84 Å². The molecule has 3 N–H and O–H groups in total. The fraction of sp³-hybridized carbons (Fsp3) is 0.714. The largest absolute Gasteiger partial charge is 0.394 e. The number of thiophene rings is 1. The Kier molecular flexibility index (Phi) is 5.78. The Bertz CT molecular complexity index is 375. The van der Waals surface area contributed by atoms with Crippen LogP contribution in [0.4, 0.5) is 0 Å². The Hall–Kier alpha value is -0.460. The Morgan fingerprint density at radius 2 is 2.26 bits per heavy atom. The maximum Gasteiger partial charge on any atom is 0.0701 e. The van der Waals surface area contributed by atoms with Gasteiger partial charge < -0.3 is 15.6 Å². The summed E-state index contributed by atoms with van der Waals surface area (Å²) in [5.41, 5.74) is 7.33. The topological polar surface area (TPSA) is 58.7 Å². The Labute approximate surface area is 119 Å². The first-order valence-corrected chi connectivity index (χ1v) is 7.84. The number of aryl methyl sites for hydroxylation is 1. The fourth-order valence-corrected chi connectivity index (χ4v) is 3.80. The van der Waals surface area contributed by atoms with Gasteiger partial charge in [0, 0.05) is 24.5 Å². The van der Waals surface area contributed by atoms with Crippen molar-refractivity contribution in [1.29, 1.82) is 0 Å². The molecule has 1 aromatic rings. The molecule has 0 spiro atoms. The first-order chi connectivity index (χ1) is 9.26. The van der Waals surface area contributed by atoms with Crippen molar-refractivity contribution in [3.8, 4) is 0 Å². The third-order valence-electron chi connectivity index (χ3n) is 3.79. The summed E-state index contributed by atoms with van der Waals surface area (Å²) in [6.45, 7) is 5.44. The molecule has 1 aromatic heterocycles. The number of likely N-dealkylation sites (tertiary alicyclic amines) is 1. The van der Waals surface area contributed by atoms with Gasteiger partial charge >= 0.3 is 0 Å². The van der Waals surface area contributed by atoms with Crippen LogP contribution in [0.5, 0.6) is 0 Å². The van der Waals surface area contributed by atoms with Crippen molar-refractivity contribution in [2.45, 2.75) is 31.9 Å². The normalized spacial score (nSPS) is 19.7. The number of hydrogen-bond acceptors (Lipinski definition) is 5. The fourth-order valence-electron chi connectivity index (χ4n) is 2.72. The summed E-state index contributed by atoms with van der Waals surface area (Å²) in [6.07, 6.45) is 2.35. The Morgan fingerprint density at radius 3 is 2.79 bits per heavy atom. The second-order valence-electron chi connectivity index (χ2n) is 5.05. The number of nitrogens with zero attached hydrogens (tertiary/aromatic N) is 1. The van der Waals surface area contributed by atoms with Gasteiger partial charge in [0.2, 0.25) is 0 Å². The smallest absolute Gasteiger partial charge is 0.0701 e. The van der Waals surface area contributed by atoms with E-state index in [1.54, 1.807) is 11.3 Å². The molecule has 1 atom stereocenters. The van der Waals surface area contributed by atoms with Gasteiger partial charge in [0.1, 0.15) is 0 Å². The summed E-state index contributed by atoms with van der Waals surface area (Å²) >= 11 is 1.80. The Morgan fingerprint density at radius 1 is 1.53 bits per heavy atom. The van der Waals surface area contributed by atoms with Crippen molar-refractivity contribution in [1.82, 2.24) is 4.90 Å². The number of rotatable bonds is 6. The van der Waals surface area contributed by atoms with Gasteiger partial charge in [0.25, 0.3) is 0 Å². The molecule has 1 aliphatic heterocycles. The van der Waals surface area contributed by atoms with Gasteiger partial charge in [-0.2, -0.15) is 0 Å². The molecule has 2 heterocycles. The summed E-state index contributed by atoms with van der Waals surface area (Å²) in [4.78, 5) is 3.87. The maximum atomic E-state index is 8.78. The van der Waals surface area contributed by atoms with Crippen molar-refractivity contribution in [3.05, 3.63) is 21.9 Å². The van der Waals surface area contributed by atoms with Crippen LogP contribution < -0.4 is 5.73 Å². The van der Waals surface area contributed by atoms with Gasteiger partial charge in [-0.25, -0.2) is 0 Å². The average molecular weight is 284 g/mol. The monoisotopic (exact) mass is 284 g/mol. The molecular formula is C14H24N2O2S. The summed E-state index contributed by atoms with van der Waals surface area (Å²) in [5, 5.41) is 10.9. The van der Waals surface area contributed by atoms with Gasteiger partial charge in [-0.3, -0.25) is 4.90 Å². The van der Waals surface area contributed by atoms with E-state index >= 15 is 0 Å². The highest BCUT2D eigenvalue weighted by Crippen LogP contribution is 2.30. The van der Waals surface area contributed by atoms with Crippen LogP contribution in [0, 0.1) is 6.92 Å². The van der Waals surface area contributed by atoms with Crippen LogP contribution in [0.15, 0.2) is 11.4 Å². The number of hydrogen-bond donors (Lipinski definition) is 2. The summed E-state index contributed by atoms with van der Waals surface area (Å²) in [5.74, 6) is 0. The molecule has 1 aliphatic rings. The first kappa shape index (κ1) is 14.9. The van der Waals surface area contributed by atoms with E-state index in [-0.39, 0.29) is 6.61 Å². The molecule has 1 saturated heterocycles. The molecule has 0 amide bonds. The minimum Gasteiger partial charge on any atom is -0.394 e. The van der Waals surface area contributed by atoms with Gasteiger partial charge in [0.05, 0.1) is 25.4 Å². The van der Waals surface area contributed by atoms with E-state index in [2.05, 4.69) is 23.3 Å². The molecule has 5 heteroatoms. The van der Waals surface area contributed by atoms with Crippen LogP contribution in [0.3, 0.4) is 0 Å². The van der Waals surface area contributed by atoms with E-state index in [0.717, 1.165) is 25.9 Å². The molecular weight excluding hydrogens is 260 g/mol. The zero-order valence-corrected chi connectivity index (χ0v) is 12.4. The van der Waals surface area contributed by atoms with Crippen molar-refractivity contribution in [2.24, 2.45) is 5.73 Å². The molecule has 1 unspecified atom stereocenters. The average Bonchev–Trinajstić information content (AvgIpc) is 2.85. The number of piperidine rings is 1. The Balaban J connectivity index is 1.90. The summed E-state index contributed by atoms with van der Waals surface area (Å²) in [6, 6.07) is 2.51. The second kappa shape index (κ2) is 7.36. The lowest BCUT2D eigenvalue weighted by atomic mass is 10.0. The van der Waals surface area contributed by atoms with E-state index in [4.69, 9.17) is 15.6 Å². The van der Waals surface area contributed by atoms with Crippen LogP contribution in [0.1, 0.15) is 29.3 Å². The SMILES string of the molecule is Cc1ccsc1C(CN)N1CCC(OCCO)CC1. The van der Waals surface area contributed by atoms with E-state index in [1.165, 1.54) is 10.4 Å². The third-order valence-corrected chi connectivity index (χ3v) is 4.91. The summed E-state index contributed by atoms with van der Waals surface area (Å²) < 4.78 is 5.60. The molecule has 0 aliphatic carbocycles. The molecule has 108 valence electrons. The standard InChI is InChI=1S/C14H24N2O2S/c1-11-4-9-19-14(11)13(10-15)16-5-2-12(3-6-16)18-8-7-17/h4,9,12-13,17H,2-3,5-8,10,15H2,1H3. The van der Waals surface area contributed by atoms with Crippen LogP contribution in [0.25, 0.3) is 0 Å². The van der Waals surface area contributed by atoms with E-state index < -0.39 is 0 Å². The van der Waals surface area contributed by atoms with Crippen LogP contribution in [-0.4, -0.2) is 49.0 Å². The van der Waals surface area contributed by atoms with Crippen LogP contribution in [0.2, 0.25) is 0 Å². The lowest BCUT2D eigenvalue weighted by Gasteiger charge is -2.37. The minimum atomic E-state index is 0.111. The number of aliphatic hydroxyl groups excluding tert-OH is 1. The highest BCUT2D eigenvalue weighted by molar-refractivity contribution is 7.10. The molecule has 0 radical (unpaired) electrons. The number of nitrogens with two attached hydrogens (primary N) is 1. The molecule has 2 rings (SSSR count). The highest BCUT2D eigenvalue weighted by atomic mass is 32.1. The molecule has 0 aromatic carbocycles. The molecule has 0 bridgehead atoms. The quantitative estimate of drug-likeness (QED) is 0.832. The van der Waals surface area contributed by atoms with Gasteiger partial charge in [-0.05, 0) is 36.8 Å². The molecule has 1 fully saturated rings. The second-order valence-corrected chi connectivity index (χ2v) is 6.00. The van der Waals surface area contributed by atoms with Crippen LogP contribution >= 0.6 is 11.3 Å². The van der Waals surface area contributed by atoms with Crippen molar-refractivity contribution in [2.75, 3.05) is 32.8 Å². The first-order valence-electron chi connectivity index (χ1n) is 6.96. The molecule has 19 heavy (non-hydrogen) atoms. The predicted molar refractivity (Wildman–Crippen MR) is 78.5 cm³/mol. The van der Waals surface area contributed by atoms with E-state index in [9.17, 15) is 0 Å². The zero-order valence-electron chi connectivity index (χ0n) is 11.5. The van der Waals surface area contributed by atoms with Crippen LogP contribution in [-0.2, 0) is 4.74 Å². The lowest BCUT2D eigenvalue weighted by molar-refractivity contribution is -0.0146.